The fraction of sp³-hybridized carbons (Fsp3) is 0.100. The van der Waals surface area contributed by atoms with Crippen LogP contribution in [-0.2, 0) is 6.54 Å². The molecule has 2 aromatic heterocycles. The first kappa shape index (κ1) is 16.0. The van der Waals surface area contributed by atoms with Crippen LogP contribution in [0.3, 0.4) is 0 Å². The SMILES string of the molecule is CNCc1cc(-c2ccc3[nH]ccc3c2)n(Sc2ccccc2F)c1. The van der Waals surface area contributed by atoms with Crippen LogP contribution in [0.25, 0.3) is 22.2 Å². The molecule has 5 heteroatoms. The van der Waals surface area contributed by atoms with Gasteiger partial charge in [-0.25, -0.2) is 4.39 Å². The van der Waals surface area contributed by atoms with Gasteiger partial charge in [0.2, 0.25) is 0 Å². The number of hydrogen-bond acceptors (Lipinski definition) is 2. The third-order valence-electron chi connectivity index (χ3n) is 4.11. The van der Waals surface area contributed by atoms with Gasteiger partial charge in [-0.15, -0.1) is 0 Å². The van der Waals surface area contributed by atoms with E-state index in [1.165, 1.54) is 18.0 Å². The standard InChI is InChI=1S/C20H18FN3S/c1-22-12-14-10-19(16-6-7-18-15(11-16)8-9-23-18)24(13-14)25-20-5-3-2-4-17(20)21/h2-11,13,22-23H,12H2,1H3. The van der Waals surface area contributed by atoms with Gasteiger partial charge in [0.15, 0.2) is 0 Å². The van der Waals surface area contributed by atoms with Crippen LogP contribution in [0.5, 0.6) is 0 Å². The largest absolute Gasteiger partial charge is 0.361 e. The minimum Gasteiger partial charge on any atom is -0.361 e. The van der Waals surface area contributed by atoms with Crippen molar-refractivity contribution in [3.63, 3.8) is 0 Å². The lowest BCUT2D eigenvalue weighted by Gasteiger charge is -2.09. The first-order valence-electron chi connectivity index (χ1n) is 8.11. The second-order valence-corrected chi connectivity index (χ2v) is 6.91. The van der Waals surface area contributed by atoms with Crippen LogP contribution in [0.1, 0.15) is 5.56 Å². The predicted molar refractivity (Wildman–Crippen MR) is 102 cm³/mol. The molecule has 0 aliphatic heterocycles. The lowest BCUT2D eigenvalue weighted by atomic mass is 10.1. The normalized spacial score (nSPS) is 11.3. The Kier molecular flexibility index (Phi) is 4.34. The van der Waals surface area contributed by atoms with Crippen molar-refractivity contribution < 1.29 is 4.39 Å². The number of benzene rings is 2. The molecule has 2 aromatic carbocycles. The zero-order valence-corrected chi connectivity index (χ0v) is 14.6. The van der Waals surface area contributed by atoms with Gasteiger partial charge in [-0.3, -0.25) is 3.97 Å². The van der Waals surface area contributed by atoms with Crippen molar-refractivity contribution in [2.45, 2.75) is 11.4 Å². The average Bonchev–Trinajstić information content (AvgIpc) is 3.23. The second-order valence-electron chi connectivity index (χ2n) is 5.89. The monoisotopic (exact) mass is 351 g/mol. The zero-order valence-electron chi connectivity index (χ0n) is 13.8. The van der Waals surface area contributed by atoms with E-state index in [1.807, 2.05) is 23.3 Å². The number of hydrogen-bond donors (Lipinski definition) is 2. The van der Waals surface area contributed by atoms with Gasteiger partial charge in [0.1, 0.15) is 5.82 Å². The average molecular weight is 351 g/mol. The van der Waals surface area contributed by atoms with E-state index >= 15 is 0 Å². The zero-order chi connectivity index (χ0) is 17.2. The van der Waals surface area contributed by atoms with Gasteiger partial charge in [0, 0.05) is 29.8 Å². The molecule has 0 aliphatic rings. The third kappa shape index (κ3) is 3.21. The number of aromatic amines is 1. The molecule has 126 valence electrons. The summed E-state index contributed by atoms with van der Waals surface area (Å²) in [5.74, 6) is -0.205. The number of H-pyrrole nitrogens is 1. The summed E-state index contributed by atoms with van der Waals surface area (Å²) in [6.45, 7) is 0.768. The Bertz CT molecular complexity index is 1020. The fourth-order valence-corrected chi connectivity index (χ4v) is 3.87. The molecule has 4 aromatic rings. The molecule has 0 saturated carbocycles. The predicted octanol–water partition coefficient (Wildman–Crippen LogP) is 5.05. The maximum atomic E-state index is 14.1. The first-order chi connectivity index (χ1) is 12.2. The molecule has 0 amide bonds. The van der Waals surface area contributed by atoms with Gasteiger partial charge >= 0.3 is 0 Å². The smallest absolute Gasteiger partial charge is 0.138 e. The van der Waals surface area contributed by atoms with Crippen molar-refractivity contribution in [2.24, 2.45) is 0 Å². The number of halogens is 1. The topological polar surface area (TPSA) is 32.8 Å². The van der Waals surface area contributed by atoms with E-state index in [2.05, 4.69) is 46.8 Å². The lowest BCUT2D eigenvalue weighted by molar-refractivity contribution is 0.601. The summed E-state index contributed by atoms with van der Waals surface area (Å²) in [7, 11) is 1.92. The van der Waals surface area contributed by atoms with Crippen LogP contribution in [0.4, 0.5) is 4.39 Å². The highest BCUT2D eigenvalue weighted by atomic mass is 32.2. The minimum absolute atomic E-state index is 0.205. The van der Waals surface area contributed by atoms with Gasteiger partial charge in [-0.05, 0) is 66.5 Å². The van der Waals surface area contributed by atoms with Crippen LogP contribution in [0.15, 0.2) is 71.9 Å². The number of aromatic nitrogens is 2. The van der Waals surface area contributed by atoms with Gasteiger partial charge in [0.05, 0.1) is 10.6 Å². The molecule has 25 heavy (non-hydrogen) atoms. The van der Waals surface area contributed by atoms with Gasteiger partial charge in [0.25, 0.3) is 0 Å². The highest BCUT2D eigenvalue weighted by molar-refractivity contribution is 7.98. The Morgan fingerprint density at radius 1 is 1.12 bits per heavy atom. The number of nitrogens with zero attached hydrogens (tertiary/aromatic N) is 1. The molecule has 3 nitrogen and oxygen atoms in total. The number of nitrogens with one attached hydrogen (secondary N) is 2. The van der Waals surface area contributed by atoms with Crippen molar-refractivity contribution in [1.29, 1.82) is 0 Å². The number of rotatable bonds is 5. The maximum Gasteiger partial charge on any atom is 0.138 e. The van der Waals surface area contributed by atoms with Crippen LogP contribution in [-0.4, -0.2) is 16.0 Å². The quantitative estimate of drug-likeness (QED) is 0.527. The summed E-state index contributed by atoms with van der Waals surface area (Å²) in [6, 6.07) is 17.4. The Labute approximate surface area is 150 Å². The van der Waals surface area contributed by atoms with E-state index in [-0.39, 0.29) is 5.82 Å². The molecule has 0 atom stereocenters. The summed E-state index contributed by atoms with van der Waals surface area (Å²) in [5, 5.41) is 4.34. The summed E-state index contributed by atoms with van der Waals surface area (Å²) < 4.78 is 16.1. The van der Waals surface area contributed by atoms with Crippen LogP contribution < -0.4 is 5.32 Å². The highest BCUT2D eigenvalue weighted by Crippen LogP contribution is 2.33. The molecule has 0 bridgehead atoms. The molecule has 0 spiro atoms. The molecule has 0 unspecified atom stereocenters. The Balaban J connectivity index is 1.78. The van der Waals surface area contributed by atoms with Gasteiger partial charge < -0.3 is 10.3 Å². The number of fused-ring (bicyclic) bond motifs is 1. The summed E-state index contributed by atoms with van der Waals surface area (Å²) in [5.41, 5.74) is 4.44. The molecule has 2 N–H and O–H groups in total. The van der Waals surface area contributed by atoms with E-state index in [1.54, 1.807) is 12.1 Å². The Hall–Kier alpha value is -2.50. The van der Waals surface area contributed by atoms with Crippen molar-refractivity contribution in [3.8, 4) is 11.3 Å². The molecule has 2 heterocycles. The van der Waals surface area contributed by atoms with E-state index in [9.17, 15) is 4.39 Å². The fourth-order valence-electron chi connectivity index (χ4n) is 2.92. The van der Waals surface area contributed by atoms with E-state index in [0.717, 1.165) is 34.3 Å². The maximum absolute atomic E-state index is 14.1. The van der Waals surface area contributed by atoms with Crippen LogP contribution in [0, 0.1) is 5.82 Å². The molecule has 0 aliphatic carbocycles. The third-order valence-corrected chi connectivity index (χ3v) is 5.13. The summed E-state index contributed by atoms with van der Waals surface area (Å²) >= 11 is 1.40. The molecule has 0 saturated heterocycles. The van der Waals surface area contributed by atoms with Crippen LogP contribution in [0.2, 0.25) is 0 Å². The van der Waals surface area contributed by atoms with Gasteiger partial charge in [-0.1, -0.05) is 18.2 Å². The van der Waals surface area contributed by atoms with E-state index in [0.29, 0.717) is 4.90 Å². The molecule has 0 fully saturated rings. The van der Waals surface area contributed by atoms with E-state index < -0.39 is 0 Å². The Morgan fingerprint density at radius 3 is 2.84 bits per heavy atom. The Morgan fingerprint density at radius 2 is 2.00 bits per heavy atom. The highest BCUT2D eigenvalue weighted by Gasteiger charge is 2.12. The van der Waals surface area contributed by atoms with Crippen molar-refractivity contribution >= 4 is 22.9 Å². The molecular weight excluding hydrogens is 333 g/mol. The minimum atomic E-state index is -0.205. The van der Waals surface area contributed by atoms with E-state index in [4.69, 9.17) is 0 Å². The molecule has 4 rings (SSSR count). The van der Waals surface area contributed by atoms with Crippen molar-refractivity contribution in [2.75, 3.05) is 7.05 Å². The van der Waals surface area contributed by atoms with Crippen LogP contribution >= 0.6 is 11.9 Å². The molecule has 0 radical (unpaired) electrons. The summed E-state index contributed by atoms with van der Waals surface area (Å²) in [4.78, 5) is 3.82. The summed E-state index contributed by atoms with van der Waals surface area (Å²) in [6.07, 6.45) is 4.00. The lowest BCUT2D eigenvalue weighted by Crippen LogP contribution is -2.03. The van der Waals surface area contributed by atoms with Crippen molar-refractivity contribution in [3.05, 3.63) is 78.4 Å². The van der Waals surface area contributed by atoms with Crippen molar-refractivity contribution in [1.82, 2.24) is 14.3 Å². The van der Waals surface area contributed by atoms with Gasteiger partial charge in [-0.2, -0.15) is 0 Å². The first-order valence-corrected chi connectivity index (χ1v) is 8.88. The second kappa shape index (κ2) is 6.78. The molecular formula is C20H18FN3S.